The number of aromatic amines is 1. The van der Waals surface area contributed by atoms with Crippen LogP contribution in [0.2, 0.25) is 0 Å². The molecule has 0 aliphatic carbocycles. The second kappa shape index (κ2) is 3.88. The van der Waals surface area contributed by atoms with Gasteiger partial charge in [0.05, 0.1) is 0 Å². The first-order valence-electron chi connectivity index (χ1n) is 3.63. The molecule has 2 N–H and O–H groups in total. The van der Waals surface area contributed by atoms with Crippen molar-refractivity contribution in [3.63, 3.8) is 0 Å². The lowest BCUT2D eigenvalue weighted by Gasteiger charge is -2.11. The van der Waals surface area contributed by atoms with E-state index in [4.69, 9.17) is 5.11 Å². The van der Waals surface area contributed by atoms with Crippen molar-refractivity contribution in [2.24, 2.45) is 0 Å². The van der Waals surface area contributed by atoms with Crippen molar-refractivity contribution < 1.29 is 14.6 Å². The minimum Gasteiger partial charge on any atom is -0.478 e. The first-order chi connectivity index (χ1) is 6.56. The van der Waals surface area contributed by atoms with E-state index in [2.05, 4.69) is 4.74 Å². The van der Waals surface area contributed by atoms with E-state index < -0.39 is 23.4 Å². The molecule has 1 aromatic rings. The van der Waals surface area contributed by atoms with Crippen LogP contribution in [-0.4, -0.2) is 27.7 Å². The first-order valence-corrected chi connectivity index (χ1v) is 3.63. The maximum atomic E-state index is 11.1. The van der Waals surface area contributed by atoms with Gasteiger partial charge in [0.1, 0.15) is 0 Å². The molecule has 1 aromatic heterocycles. The summed E-state index contributed by atoms with van der Waals surface area (Å²) < 4.78 is 5.33. The van der Waals surface area contributed by atoms with E-state index in [-0.39, 0.29) is 0 Å². The van der Waals surface area contributed by atoms with Gasteiger partial charge in [0, 0.05) is 19.4 Å². The smallest absolute Gasteiger partial charge is 0.354 e. The Morgan fingerprint density at radius 3 is 2.71 bits per heavy atom. The summed E-state index contributed by atoms with van der Waals surface area (Å²) in [5, 5.41) is 8.64. The van der Waals surface area contributed by atoms with Crippen LogP contribution in [-0.2, 0) is 9.53 Å². The summed E-state index contributed by atoms with van der Waals surface area (Å²) in [5.74, 6) is -1.32. The molecular weight excluding hydrogens is 192 g/mol. The Labute approximate surface area is 77.6 Å². The van der Waals surface area contributed by atoms with Crippen LogP contribution in [0.15, 0.2) is 21.9 Å². The minimum atomic E-state index is -1.43. The Hall–Kier alpha value is -1.89. The molecule has 0 aliphatic rings. The Bertz CT molecular complexity index is 446. The van der Waals surface area contributed by atoms with Crippen LogP contribution in [0.4, 0.5) is 0 Å². The molecule has 1 atom stereocenters. The highest BCUT2D eigenvalue weighted by Crippen LogP contribution is 2.01. The molecule has 0 saturated carbocycles. The monoisotopic (exact) mass is 200 g/mol. The second-order valence-corrected chi connectivity index (χ2v) is 2.44. The molecule has 7 heteroatoms. The van der Waals surface area contributed by atoms with Crippen LogP contribution in [0, 0.1) is 0 Å². The highest BCUT2D eigenvalue weighted by molar-refractivity contribution is 5.70. The van der Waals surface area contributed by atoms with Crippen LogP contribution < -0.4 is 11.2 Å². The molecule has 0 bridgehead atoms. The van der Waals surface area contributed by atoms with Crippen LogP contribution in [0.5, 0.6) is 0 Å². The third-order valence-corrected chi connectivity index (χ3v) is 1.54. The van der Waals surface area contributed by atoms with Crippen molar-refractivity contribution in [1.29, 1.82) is 0 Å². The number of H-pyrrole nitrogens is 1. The van der Waals surface area contributed by atoms with E-state index in [0.717, 1.165) is 23.9 Å². The predicted molar refractivity (Wildman–Crippen MR) is 45.0 cm³/mol. The van der Waals surface area contributed by atoms with Crippen molar-refractivity contribution in [3.05, 3.63) is 33.1 Å². The number of aliphatic carboxylic acids is 1. The molecular formula is C7H8N2O5. The fraction of sp³-hybridized carbons (Fsp3) is 0.286. The molecule has 0 amide bonds. The van der Waals surface area contributed by atoms with E-state index in [0.29, 0.717) is 0 Å². The van der Waals surface area contributed by atoms with Gasteiger partial charge in [-0.25, -0.2) is 9.59 Å². The lowest BCUT2D eigenvalue weighted by molar-refractivity contribution is -0.154. The number of rotatable bonds is 3. The van der Waals surface area contributed by atoms with Gasteiger partial charge in [-0.05, 0) is 0 Å². The lowest BCUT2D eigenvalue weighted by atomic mass is 10.5. The molecule has 14 heavy (non-hydrogen) atoms. The number of nitrogens with one attached hydrogen (secondary N) is 1. The molecule has 7 nitrogen and oxygen atoms in total. The maximum absolute atomic E-state index is 11.1. The van der Waals surface area contributed by atoms with E-state index in [1.54, 1.807) is 0 Å². The minimum absolute atomic E-state index is 0.591. The maximum Gasteiger partial charge on any atom is 0.354 e. The highest BCUT2D eigenvalue weighted by atomic mass is 16.5. The van der Waals surface area contributed by atoms with Gasteiger partial charge in [0.2, 0.25) is 6.23 Å². The number of nitrogens with zero attached hydrogens (tertiary/aromatic N) is 1. The fourth-order valence-electron chi connectivity index (χ4n) is 0.945. The Morgan fingerprint density at radius 1 is 1.64 bits per heavy atom. The molecule has 0 unspecified atom stereocenters. The summed E-state index contributed by atoms with van der Waals surface area (Å²) in [4.78, 5) is 34.3. The Kier molecular flexibility index (Phi) is 2.82. The molecule has 1 heterocycles. The number of hydrogen-bond acceptors (Lipinski definition) is 4. The standard InChI is InChI=1S/C7H8N2O5/c1-14-5(6(11)12)9-3-2-4(10)8-7(9)13/h2-3,5H,1H3,(H,11,12)(H,8,10,13)/t5-/m0/s1. The third kappa shape index (κ3) is 1.88. The zero-order valence-corrected chi connectivity index (χ0v) is 7.26. The van der Waals surface area contributed by atoms with E-state index in [1.165, 1.54) is 0 Å². The van der Waals surface area contributed by atoms with Gasteiger partial charge in [-0.2, -0.15) is 0 Å². The average Bonchev–Trinajstić information content (AvgIpc) is 2.09. The number of aromatic nitrogens is 2. The lowest BCUT2D eigenvalue weighted by Crippen LogP contribution is -2.35. The molecule has 0 spiro atoms. The van der Waals surface area contributed by atoms with Crippen LogP contribution in [0.3, 0.4) is 0 Å². The van der Waals surface area contributed by atoms with Gasteiger partial charge in [0.25, 0.3) is 5.56 Å². The normalized spacial score (nSPS) is 12.4. The largest absolute Gasteiger partial charge is 0.478 e. The Balaban J connectivity index is 3.24. The molecule has 0 fully saturated rings. The number of carboxylic acid groups (broad SMARTS) is 1. The third-order valence-electron chi connectivity index (χ3n) is 1.54. The molecule has 76 valence electrons. The molecule has 0 aromatic carbocycles. The summed E-state index contributed by atoms with van der Waals surface area (Å²) in [6.07, 6.45) is -0.372. The zero-order valence-electron chi connectivity index (χ0n) is 7.26. The van der Waals surface area contributed by atoms with Crippen LogP contribution in [0.1, 0.15) is 6.23 Å². The van der Waals surface area contributed by atoms with Gasteiger partial charge in [-0.15, -0.1) is 0 Å². The fourth-order valence-corrected chi connectivity index (χ4v) is 0.945. The van der Waals surface area contributed by atoms with E-state index >= 15 is 0 Å². The molecule has 0 saturated heterocycles. The topological polar surface area (TPSA) is 101 Å². The number of carbonyl (C=O) groups is 1. The number of ether oxygens (including phenoxy) is 1. The van der Waals surface area contributed by atoms with Crippen molar-refractivity contribution in [2.45, 2.75) is 6.23 Å². The van der Waals surface area contributed by atoms with Gasteiger partial charge < -0.3 is 9.84 Å². The first kappa shape index (κ1) is 10.2. The second-order valence-electron chi connectivity index (χ2n) is 2.44. The van der Waals surface area contributed by atoms with Crippen molar-refractivity contribution >= 4 is 5.97 Å². The quantitative estimate of drug-likeness (QED) is 0.635. The average molecular weight is 200 g/mol. The van der Waals surface area contributed by atoms with Crippen molar-refractivity contribution in [2.75, 3.05) is 7.11 Å². The molecule has 0 radical (unpaired) electrons. The summed E-state index contributed by atoms with van der Waals surface area (Å²) >= 11 is 0. The van der Waals surface area contributed by atoms with Gasteiger partial charge in [0.15, 0.2) is 0 Å². The summed E-state index contributed by atoms with van der Waals surface area (Å²) in [5.41, 5.74) is -1.42. The SMILES string of the molecule is CO[C@@H](C(=O)O)n1ccc(=O)[nH]c1=O. The van der Waals surface area contributed by atoms with Crippen LogP contribution >= 0.6 is 0 Å². The number of hydrogen-bond donors (Lipinski definition) is 2. The summed E-state index contributed by atoms with van der Waals surface area (Å²) in [7, 11) is 1.15. The molecule has 0 aliphatic heterocycles. The molecule has 1 rings (SSSR count). The Morgan fingerprint density at radius 2 is 2.29 bits per heavy atom. The predicted octanol–water partition coefficient (Wildman–Crippen LogP) is -1.23. The van der Waals surface area contributed by atoms with Gasteiger partial charge in [-0.1, -0.05) is 0 Å². The van der Waals surface area contributed by atoms with Gasteiger partial charge >= 0.3 is 11.7 Å². The number of carboxylic acids is 1. The highest BCUT2D eigenvalue weighted by Gasteiger charge is 2.19. The van der Waals surface area contributed by atoms with E-state index in [1.807, 2.05) is 4.98 Å². The zero-order chi connectivity index (χ0) is 10.7. The number of methoxy groups -OCH3 is 1. The van der Waals surface area contributed by atoms with Crippen molar-refractivity contribution in [3.8, 4) is 0 Å². The van der Waals surface area contributed by atoms with E-state index in [9.17, 15) is 14.4 Å². The summed E-state index contributed by atoms with van der Waals surface area (Å²) in [6, 6.07) is 1.04. The van der Waals surface area contributed by atoms with Crippen LogP contribution in [0.25, 0.3) is 0 Å². The summed E-state index contributed by atoms with van der Waals surface area (Å²) in [6.45, 7) is 0. The van der Waals surface area contributed by atoms with Gasteiger partial charge in [-0.3, -0.25) is 14.3 Å². The van der Waals surface area contributed by atoms with Crippen molar-refractivity contribution in [1.82, 2.24) is 9.55 Å².